The molecule has 1 aromatic rings. The van der Waals surface area contributed by atoms with Gasteiger partial charge in [-0.05, 0) is 55.4 Å². The summed E-state index contributed by atoms with van der Waals surface area (Å²) >= 11 is 0. The molecule has 0 saturated heterocycles. The third-order valence-electron chi connectivity index (χ3n) is 5.34. The van der Waals surface area contributed by atoms with Crippen LogP contribution >= 0.6 is 0 Å². The maximum absolute atomic E-state index is 12.9. The molecule has 0 aliphatic heterocycles. The molecule has 8 heteroatoms. The first-order valence-electron chi connectivity index (χ1n) is 13.6. The highest BCUT2D eigenvalue weighted by Gasteiger charge is 2.28. The molecule has 212 valence electrons. The van der Waals surface area contributed by atoms with Crippen molar-refractivity contribution in [2.24, 2.45) is 17.8 Å². The summed E-state index contributed by atoms with van der Waals surface area (Å²) in [6.45, 7) is 19.3. The molecule has 0 saturated carbocycles. The Morgan fingerprint density at radius 3 is 1.84 bits per heavy atom. The van der Waals surface area contributed by atoms with E-state index in [9.17, 15) is 24.6 Å². The van der Waals surface area contributed by atoms with E-state index in [4.69, 9.17) is 0 Å². The van der Waals surface area contributed by atoms with Gasteiger partial charge in [0.2, 0.25) is 5.91 Å². The summed E-state index contributed by atoms with van der Waals surface area (Å²) in [6.07, 6.45) is -0.953. The predicted octanol–water partition coefficient (Wildman–Crippen LogP) is 3.78. The van der Waals surface area contributed by atoms with Crippen LogP contribution in [0.1, 0.15) is 94.5 Å². The molecule has 0 heterocycles. The van der Waals surface area contributed by atoms with Crippen LogP contribution < -0.4 is 10.6 Å². The Hall–Kier alpha value is -2.45. The second kappa shape index (κ2) is 17.9. The van der Waals surface area contributed by atoms with Gasteiger partial charge in [0, 0.05) is 37.3 Å². The van der Waals surface area contributed by atoms with E-state index in [1.165, 1.54) is 6.92 Å². The summed E-state index contributed by atoms with van der Waals surface area (Å²) in [5.41, 5.74) is 1.52. The molecule has 0 fully saturated rings. The smallest absolute Gasteiger partial charge is 0.253 e. The Morgan fingerprint density at radius 2 is 1.35 bits per heavy atom. The normalized spacial score (nSPS) is 13.3. The van der Waals surface area contributed by atoms with E-state index in [1.54, 1.807) is 23.1 Å². The minimum absolute atomic E-state index is 0.117. The molecular weight excluding hydrogens is 470 g/mol. The SMILES string of the molecule is CC(C)C.CCCN(CCC)C(=O)c1cc(C)cc(C(=O)NCC(O)C(O)C(C)C(=O)NCC(C)C)c1. The maximum Gasteiger partial charge on any atom is 0.253 e. The molecule has 0 radical (unpaired) electrons. The van der Waals surface area contributed by atoms with Gasteiger partial charge in [0.15, 0.2) is 0 Å². The largest absolute Gasteiger partial charge is 0.390 e. The number of nitrogens with one attached hydrogen (secondary N) is 2. The molecule has 4 N–H and O–H groups in total. The minimum atomic E-state index is -1.33. The number of benzene rings is 1. The van der Waals surface area contributed by atoms with Crippen LogP contribution in [-0.2, 0) is 4.79 Å². The second-order valence-corrected chi connectivity index (χ2v) is 10.8. The molecule has 0 bridgehead atoms. The fraction of sp³-hybridized carbons (Fsp3) is 0.690. The Kier molecular flexibility index (Phi) is 16.7. The Labute approximate surface area is 224 Å². The van der Waals surface area contributed by atoms with Crippen molar-refractivity contribution in [1.82, 2.24) is 15.5 Å². The van der Waals surface area contributed by atoms with E-state index in [-0.39, 0.29) is 24.3 Å². The Balaban J connectivity index is 0.00000300. The van der Waals surface area contributed by atoms with Crippen molar-refractivity contribution in [3.05, 3.63) is 34.9 Å². The van der Waals surface area contributed by atoms with Crippen molar-refractivity contribution in [2.45, 2.75) is 87.4 Å². The molecule has 0 aliphatic carbocycles. The van der Waals surface area contributed by atoms with Gasteiger partial charge in [0.05, 0.1) is 18.1 Å². The minimum Gasteiger partial charge on any atom is -0.390 e. The monoisotopic (exact) mass is 521 g/mol. The van der Waals surface area contributed by atoms with Crippen molar-refractivity contribution in [2.75, 3.05) is 26.2 Å². The first kappa shape index (κ1) is 34.6. The molecule has 37 heavy (non-hydrogen) atoms. The van der Waals surface area contributed by atoms with Crippen LogP contribution in [0.15, 0.2) is 18.2 Å². The fourth-order valence-electron chi connectivity index (χ4n) is 3.45. The molecular formula is C29H51N3O5. The lowest BCUT2D eigenvalue weighted by Gasteiger charge is -2.24. The number of rotatable bonds is 13. The van der Waals surface area contributed by atoms with E-state index in [1.807, 2.05) is 34.6 Å². The van der Waals surface area contributed by atoms with E-state index >= 15 is 0 Å². The molecule has 8 nitrogen and oxygen atoms in total. The summed E-state index contributed by atoms with van der Waals surface area (Å²) in [7, 11) is 0. The third kappa shape index (κ3) is 13.6. The fourth-order valence-corrected chi connectivity index (χ4v) is 3.45. The number of aryl methyl sites for hydroxylation is 1. The van der Waals surface area contributed by atoms with E-state index < -0.39 is 24.0 Å². The Bertz CT molecular complexity index is 832. The van der Waals surface area contributed by atoms with Crippen molar-refractivity contribution in [3.8, 4) is 0 Å². The van der Waals surface area contributed by atoms with Gasteiger partial charge in [-0.1, -0.05) is 55.4 Å². The molecule has 0 aromatic heterocycles. The quantitative estimate of drug-likeness (QED) is 0.315. The lowest BCUT2D eigenvalue weighted by atomic mass is 9.98. The first-order valence-corrected chi connectivity index (χ1v) is 13.6. The average molecular weight is 522 g/mol. The van der Waals surface area contributed by atoms with E-state index in [0.29, 0.717) is 30.8 Å². The zero-order valence-corrected chi connectivity index (χ0v) is 24.4. The summed E-state index contributed by atoms with van der Waals surface area (Å²) in [6, 6.07) is 4.97. The number of carbonyl (C=O) groups excluding carboxylic acids is 3. The van der Waals surface area contributed by atoms with Gasteiger partial charge in [-0.2, -0.15) is 0 Å². The highest BCUT2D eigenvalue weighted by molar-refractivity contribution is 6.00. The third-order valence-corrected chi connectivity index (χ3v) is 5.34. The van der Waals surface area contributed by atoms with E-state index in [2.05, 4.69) is 31.4 Å². The molecule has 1 aromatic carbocycles. The van der Waals surface area contributed by atoms with Crippen LogP contribution in [0.25, 0.3) is 0 Å². The molecule has 3 amide bonds. The van der Waals surface area contributed by atoms with Gasteiger partial charge < -0.3 is 25.7 Å². The number of amides is 3. The summed E-state index contributed by atoms with van der Waals surface area (Å²) in [5, 5.41) is 25.9. The zero-order valence-electron chi connectivity index (χ0n) is 24.4. The predicted molar refractivity (Wildman–Crippen MR) is 150 cm³/mol. The first-order chi connectivity index (χ1) is 17.2. The average Bonchev–Trinajstić information content (AvgIpc) is 2.83. The summed E-state index contributed by atoms with van der Waals surface area (Å²) < 4.78 is 0. The van der Waals surface area contributed by atoms with Crippen LogP contribution in [0.5, 0.6) is 0 Å². The standard InChI is InChI=1S/C25H41N3O5.C4H10/c1-7-9-28(10-8-2)25(33)20-12-17(5)11-19(13-20)24(32)27-15-21(29)22(30)18(6)23(31)26-14-16(3)4;1-4(2)3/h11-13,16,18,21-22,29-30H,7-10,14-15H2,1-6H3,(H,26,31)(H,27,32);4H,1-3H3. The van der Waals surface area contributed by atoms with Crippen molar-refractivity contribution in [3.63, 3.8) is 0 Å². The van der Waals surface area contributed by atoms with Crippen LogP contribution in [0.2, 0.25) is 0 Å². The van der Waals surface area contributed by atoms with Crippen LogP contribution in [-0.4, -0.2) is 71.2 Å². The Morgan fingerprint density at radius 1 is 0.838 bits per heavy atom. The summed E-state index contributed by atoms with van der Waals surface area (Å²) in [4.78, 5) is 39.5. The van der Waals surface area contributed by atoms with Gasteiger partial charge in [0.25, 0.3) is 11.8 Å². The second-order valence-electron chi connectivity index (χ2n) is 10.8. The van der Waals surface area contributed by atoms with Gasteiger partial charge in [-0.25, -0.2) is 0 Å². The van der Waals surface area contributed by atoms with E-state index in [0.717, 1.165) is 24.3 Å². The van der Waals surface area contributed by atoms with Crippen molar-refractivity contribution < 1.29 is 24.6 Å². The highest BCUT2D eigenvalue weighted by atomic mass is 16.3. The highest BCUT2D eigenvalue weighted by Crippen LogP contribution is 2.14. The number of carbonyl (C=O) groups is 3. The van der Waals surface area contributed by atoms with Gasteiger partial charge in [0.1, 0.15) is 0 Å². The van der Waals surface area contributed by atoms with Gasteiger partial charge in [-0.3, -0.25) is 14.4 Å². The zero-order chi connectivity index (χ0) is 28.7. The number of hydrogen-bond donors (Lipinski definition) is 4. The maximum atomic E-state index is 12.9. The van der Waals surface area contributed by atoms with Crippen LogP contribution in [0, 0.1) is 24.7 Å². The van der Waals surface area contributed by atoms with Crippen LogP contribution in [0.4, 0.5) is 0 Å². The topological polar surface area (TPSA) is 119 Å². The molecule has 0 aliphatic rings. The van der Waals surface area contributed by atoms with Gasteiger partial charge >= 0.3 is 0 Å². The number of hydrogen-bond acceptors (Lipinski definition) is 5. The lowest BCUT2D eigenvalue weighted by molar-refractivity contribution is -0.131. The molecule has 3 atom stereocenters. The van der Waals surface area contributed by atoms with Crippen molar-refractivity contribution >= 4 is 17.7 Å². The number of aliphatic hydroxyl groups is 2. The van der Waals surface area contributed by atoms with Crippen molar-refractivity contribution in [1.29, 1.82) is 0 Å². The molecule has 0 spiro atoms. The number of nitrogens with zero attached hydrogens (tertiary/aromatic N) is 1. The lowest BCUT2D eigenvalue weighted by Crippen LogP contribution is -2.46. The molecule has 1 rings (SSSR count). The number of aliphatic hydroxyl groups excluding tert-OH is 2. The van der Waals surface area contributed by atoms with Crippen LogP contribution in [0.3, 0.4) is 0 Å². The summed E-state index contributed by atoms with van der Waals surface area (Å²) in [5.74, 6) is -0.666. The van der Waals surface area contributed by atoms with Gasteiger partial charge in [-0.15, -0.1) is 0 Å². The molecule has 3 unspecified atom stereocenters.